The van der Waals surface area contributed by atoms with Gasteiger partial charge in [0.05, 0.1) is 18.2 Å². The molecule has 9 heteroatoms. The summed E-state index contributed by atoms with van der Waals surface area (Å²) in [6.07, 6.45) is 20.3. The van der Waals surface area contributed by atoms with Crippen LogP contribution in [0.2, 0.25) is 0 Å². The van der Waals surface area contributed by atoms with Gasteiger partial charge in [0.15, 0.2) is 0 Å². The molecule has 9 nitrogen and oxygen atoms in total. The molecule has 308 valence electrons. The van der Waals surface area contributed by atoms with Gasteiger partial charge in [-0.25, -0.2) is 0 Å². The number of hydrogen-bond acceptors (Lipinski definition) is 8. The van der Waals surface area contributed by atoms with E-state index < -0.39 is 11.8 Å². The fourth-order valence-electron chi connectivity index (χ4n) is 9.43. The molecule has 1 fully saturated rings. The largest absolute Gasteiger partial charge is 0.508 e. The van der Waals surface area contributed by atoms with Crippen molar-refractivity contribution in [2.24, 2.45) is 22.9 Å². The van der Waals surface area contributed by atoms with E-state index in [0.29, 0.717) is 38.0 Å². The summed E-state index contributed by atoms with van der Waals surface area (Å²) >= 11 is 0. The zero-order chi connectivity index (χ0) is 39.8. The van der Waals surface area contributed by atoms with Crippen molar-refractivity contribution in [3.8, 4) is 11.5 Å². The second-order valence-electron chi connectivity index (χ2n) is 16.1. The van der Waals surface area contributed by atoms with Gasteiger partial charge < -0.3 is 34.5 Å². The van der Waals surface area contributed by atoms with Crippen LogP contribution in [0.25, 0.3) is 0 Å². The topological polar surface area (TPSA) is 121 Å². The van der Waals surface area contributed by atoms with Crippen molar-refractivity contribution in [2.45, 2.75) is 140 Å². The Morgan fingerprint density at radius 1 is 0.946 bits per heavy atom. The molecule has 6 atom stereocenters. The highest BCUT2D eigenvalue weighted by Crippen LogP contribution is 2.61. The molecule has 0 radical (unpaired) electrons. The van der Waals surface area contributed by atoms with E-state index in [2.05, 4.69) is 19.6 Å². The van der Waals surface area contributed by atoms with Gasteiger partial charge in [-0.15, -0.1) is 6.58 Å². The van der Waals surface area contributed by atoms with Crippen LogP contribution in [0.5, 0.6) is 11.5 Å². The first kappa shape index (κ1) is 43.5. The number of ether oxygens (including phenoxy) is 2. The van der Waals surface area contributed by atoms with E-state index in [9.17, 15) is 20.1 Å². The number of rotatable bonds is 25. The second-order valence-corrected chi connectivity index (χ2v) is 16.1. The van der Waals surface area contributed by atoms with Gasteiger partial charge in [0.1, 0.15) is 24.1 Å². The Labute approximate surface area is 335 Å². The molecule has 5 rings (SSSR count). The Bertz CT molecular complexity index is 1580. The molecule has 3 aliphatic rings. The quantitative estimate of drug-likeness (QED) is 0.0522. The Hall–Kier alpha value is -3.66. The van der Waals surface area contributed by atoms with Gasteiger partial charge in [-0.05, 0) is 73.3 Å². The van der Waals surface area contributed by atoms with Crippen molar-refractivity contribution in [2.75, 3.05) is 26.9 Å². The zero-order valence-electron chi connectivity index (χ0n) is 34.1. The summed E-state index contributed by atoms with van der Waals surface area (Å²) in [5, 5.41) is 35.4. The summed E-state index contributed by atoms with van der Waals surface area (Å²) in [6, 6.07) is 14.7. The van der Waals surface area contributed by atoms with Gasteiger partial charge in [0.25, 0.3) is 0 Å². The van der Waals surface area contributed by atoms with E-state index in [1.165, 1.54) is 38.5 Å². The minimum Gasteiger partial charge on any atom is -0.508 e. The van der Waals surface area contributed by atoms with Crippen LogP contribution >= 0.6 is 0 Å². The third kappa shape index (κ3) is 10.8. The number of aliphatic hydroxyl groups excluding tert-OH is 2. The Balaban J connectivity index is 1.55. The average Bonchev–Trinajstić information content (AvgIpc) is 3.21. The van der Waals surface area contributed by atoms with Crippen LogP contribution in [0.4, 0.5) is 0 Å². The molecule has 3 N–H and O–H groups in total. The van der Waals surface area contributed by atoms with E-state index in [4.69, 9.17) is 19.5 Å². The summed E-state index contributed by atoms with van der Waals surface area (Å²) in [5.74, 6) is -0.730. The molecule has 1 heterocycles. The first-order valence-corrected chi connectivity index (χ1v) is 21.6. The molecule has 0 aromatic heterocycles. The number of fused-ring (bicyclic) bond motifs is 2. The standard InChI is InChI=1S/C47H68N2O7/c1-4-6-7-8-9-10-11-12-16-25-44(53)49(3)43-33-41(48-55-34-35-21-14-13-15-22-35)39-31-36(23-17-19-28-50)38(24-18-20-29-51)45-40-32-37(52)26-27-42(40)56-47(43,46(39)45)54-30-5-2/h5,13-15,21-22,26-27,31-32,36,38,43,45-46,50-52H,2,4,6-12,16-20,23-25,28-30,33-34H2,1,3H3/t36-,38+,43-,45+,46+,47+/m0/s1. The number of carbonyl (C=O) groups excluding carboxylic acids is 1. The molecule has 1 saturated carbocycles. The van der Waals surface area contributed by atoms with Gasteiger partial charge in [0, 0.05) is 44.6 Å². The molecular weight excluding hydrogens is 705 g/mol. The lowest BCUT2D eigenvalue weighted by molar-refractivity contribution is -0.255. The summed E-state index contributed by atoms with van der Waals surface area (Å²) in [4.78, 5) is 22.2. The molecule has 1 aliphatic heterocycles. The normalized spacial score (nSPS) is 24.5. The first-order valence-electron chi connectivity index (χ1n) is 21.6. The first-order chi connectivity index (χ1) is 27.4. The van der Waals surface area contributed by atoms with Crippen molar-refractivity contribution < 1.29 is 34.4 Å². The van der Waals surface area contributed by atoms with E-state index in [1.807, 2.05) is 54.4 Å². The number of aliphatic hydroxyl groups is 2. The third-order valence-electron chi connectivity index (χ3n) is 12.3. The number of oxime groups is 1. The average molecular weight is 773 g/mol. The number of phenolic OH excluding ortho intramolecular Hbond substituents is 1. The van der Waals surface area contributed by atoms with Crippen molar-refractivity contribution in [3.63, 3.8) is 0 Å². The van der Waals surface area contributed by atoms with Crippen LogP contribution in [-0.2, 0) is 21.0 Å². The van der Waals surface area contributed by atoms with Crippen molar-refractivity contribution >= 4 is 11.6 Å². The van der Waals surface area contributed by atoms with Crippen LogP contribution in [0.3, 0.4) is 0 Å². The number of hydrogen-bond donors (Lipinski definition) is 3. The fraction of sp³-hybridized carbons (Fsp3) is 0.617. The van der Waals surface area contributed by atoms with E-state index in [-0.39, 0.29) is 55.1 Å². The number of nitrogens with zero attached hydrogens (tertiary/aromatic N) is 2. The number of benzene rings is 2. The van der Waals surface area contributed by atoms with E-state index in [0.717, 1.165) is 67.4 Å². The molecule has 56 heavy (non-hydrogen) atoms. The molecule has 2 aliphatic carbocycles. The van der Waals surface area contributed by atoms with Crippen LogP contribution in [0, 0.1) is 17.8 Å². The van der Waals surface area contributed by atoms with Gasteiger partial charge in [-0.3, -0.25) is 4.79 Å². The highest BCUT2D eigenvalue weighted by molar-refractivity contribution is 6.03. The third-order valence-corrected chi connectivity index (χ3v) is 12.3. The predicted molar refractivity (Wildman–Crippen MR) is 222 cm³/mol. The summed E-state index contributed by atoms with van der Waals surface area (Å²) in [5.41, 5.74) is 3.68. The number of unbranched alkanes of at least 4 members (excludes halogenated alkanes) is 10. The Kier molecular flexibility index (Phi) is 17.3. The molecule has 0 unspecified atom stereocenters. The van der Waals surface area contributed by atoms with Gasteiger partial charge in [-0.2, -0.15) is 0 Å². The van der Waals surface area contributed by atoms with Crippen molar-refractivity contribution in [1.29, 1.82) is 0 Å². The second kappa shape index (κ2) is 22.3. The summed E-state index contributed by atoms with van der Waals surface area (Å²) < 4.78 is 14.1. The van der Waals surface area contributed by atoms with Crippen LogP contribution in [0.1, 0.15) is 133 Å². The maximum absolute atomic E-state index is 14.3. The predicted octanol–water partition coefficient (Wildman–Crippen LogP) is 9.61. The Morgan fingerprint density at radius 2 is 1.64 bits per heavy atom. The lowest BCUT2D eigenvalue weighted by atomic mass is 9.55. The molecule has 2 aromatic rings. The van der Waals surface area contributed by atoms with Crippen molar-refractivity contribution in [3.05, 3.63) is 84.0 Å². The Morgan fingerprint density at radius 3 is 2.34 bits per heavy atom. The fourth-order valence-corrected chi connectivity index (χ4v) is 9.43. The molecule has 2 aromatic carbocycles. The maximum Gasteiger partial charge on any atom is 0.239 e. The smallest absolute Gasteiger partial charge is 0.239 e. The van der Waals surface area contributed by atoms with Gasteiger partial charge >= 0.3 is 0 Å². The van der Waals surface area contributed by atoms with Gasteiger partial charge in [-0.1, -0.05) is 119 Å². The van der Waals surface area contributed by atoms with Crippen molar-refractivity contribution in [1.82, 2.24) is 4.90 Å². The molecule has 0 spiro atoms. The summed E-state index contributed by atoms with van der Waals surface area (Å²) in [6.45, 7) is 7.02. The molecular formula is C47H68N2O7. The van der Waals surface area contributed by atoms with Gasteiger partial charge in [0.2, 0.25) is 11.7 Å². The summed E-state index contributed by atoms with van der Waals surface area (Å²) in [7, 11) is 1.88. The van der Waals surface area contributed by atoms with E-state index >= 15 is 0 Å². The number of likely N-dealkylation sites (N-methyl/N-ethyl adjacent to an activating group) is 1. The SMILES string of the molecule is C=CCO[C@@]12Oc3ccc(O)cc3[C@H]3[C@H](CCCCO)[C@@H](CCCCO)C=C(C(=NOCc4ccccc4)C[C@@H]1N(C)C(=O)CCCCCCCCCCC)[C@H]32. The lowest BCUT2D eigenvalue weighted by Crippen LogP contribution is -2.69. The van der Waals surface area contributed by atoms with Crippen LogP contribution in [-0.4, -0.2) is 70.5 Å². The highest BCUT2D eigenvalue weighted by Gasteiger charge is 2.65. The van der Waals surface area contributed by atoms with E-state index in [1.54, 1.807) is 12.1 Å². The van der Waals surface area contributed by atoms with Crippen LogP contribution in [0.15, 0.2) is 78.0 Å². The number of phenols is 1. The number of amides is 1. The van der Waals surface area contributed by atoms with Crippen LogP contribution < -0.4 is 4.74 Å². The monoisotopic (exact) mass is 773 g/mol. The lowest BCUT2D eigenvalue weighted by Gasteiger charge is -2.59. The molecule has 0 bridgehead atoms. The molecule has 0 saturated heterocycles. The minimum atomic E-state index is -1.28. The number of allylic oxidation sites excluding steroid dienone is 1. The maximum atomic E-state index is 14.3. The minimum absolute atomic E-state index is 0.0466. The number of carbonyl (C=O) groups is 1. The number of aromatic hydroxyl groups is 1. The zero-order valence-corrected chi connectivity index (χ0v) is 34.1. The highest BCUT2D eigenvalue weighted by atomic mass is 16.7. The molecule has 1 amide bonds.